The van der Waals surface area contributed by atoms with E-state index < -0.39 is 26.6 Å². The number of halogens is 2. The number of nitrogen functional groups attached to an aromatic ring is 1. The molecule has 3 N–H and O–H groups in total. The van der Waals surface area contributed by atoms with Crippen molar-refractivity contribution in [2.45, 2.75) is 17.7 Å². The number of sulfonamides is 1. The fourth-order valence-corrected chi connectivity index (χ4v) is 3.76. The van der Waals surface area contributed by atoms with E-state index in [0.29, 0.717) is 0 Å². The molecule has 0 amide bonds. The molecule has 0 spiro atoms. The third-order valence-electron chi connectivity index (χ3n) is 3.59. The summed E-state index contributed by atoms with van der Waals surface area (Å²) in [4.78, 5) is 1.37. The van der Waals surface area contributed by atoms with E-state index in [1.54, 1.807) is 0 Å². The molecule has 1 aromatic carbocycles. The van der Waals surface area contributed by atoms with E-state index in [0.717, 1.165) is 38.1 Å². The van der Waals surface area contributed by atoms with Crippen molar-refractivity contribution in [1.82, 2.24) is 9.62 Å². The predicted molar refractivity (Wildman–Crippen MR) is 76.2 cm³/mol. The van der Waals surface area contributed by atoms with Crippen LogP contribution < -0.4 is 10.5 Å². The second-order valence-electron chi connectivity index (χ2n) is 5.44. The number of anilines is 1. The summed E-state index contributed by atoms with van der Waals surface area (Å²) in [7, 11) is -2.15. The smallest absolute Gasteiger partial charge is 0.243 e. The maximum atomic E-state index is 13.6. The maximum Gasteiger partial charge on any atom is 0.243 e. The number of piperidine rings is 1. The number of nitrogens with zero attached hydrogens (tertiary/aromatic N) is 1. The lowest BCUT2D eigenvalue weighted by Gasteiger charge is -2.29. The van der Waals surface area contributed by atoms with Crippen LogP contribution in [0.3, 0.4) is 0 Å². The topological polar surface area (TPSA) is 75.4 Å². The van der Waals surface area contributed by atoms with Crippen molar-refractivity contribution in [2.24, 2.45) is 5.92 Å². The standard InChI is InChI=1S/C13H19F2N3O2S/c1-18-4-2-3-9(8-18)7-17-21(19,20)12-6-10(16)5-11(14)13(12)15/h5-6,9,17H,2-4,7-8,16H2,1H3. The molecule has 5 nitrogen and oxygen atoms in total. The average molecular weight is 319 g/mol. The minimum Gasteiger partial charge on any atom is -0.399 e. The van der Waals surface area contributed by atoms with Crippen molar-refractivity contribution >= 4 is 15.7 Å². The Labute approximate surface area is 123 Å². The van der Waals surface area contributed by atoms with Gasteiger partial charge in [-0.15, -0.1) is 0 Å². The van der Waals surface area contributed by atoms with E-state index in [4.69, 9.17) is 5.73 Å². The van der Waals surface area contributed by atoms with Crippen LogP contribution in [0.1, 0.15) is 12.8 Å². The highest BCUT2D eigenvalue weighted by atomic mass is 32.2. The second kappa shape index (κ2) is 6.25. The fraction of sp³-hybridized carbons (Fsp3) is 0.538. The third-order valence-corrected chi connectivity index (χ3v) is 5.01. The minimum absolute atomic E-state index is 0.133. The molecule has 1 aromatic rings. The summed E-state index contributed by atoms with van der Waals surface area (Å²) >= 11 is 0. The molecule has 1 saturated heterocycles. The Hall–Kier alpha value is -1.25. The van der Waals surface area contributed by atoms with Gasteiger partial charge < -0.3 is 10.6 Å². The van der Waals surface area contributed by atoms with E-state index in [1.165, 1.54) is 0 Å². The van der Waals surface area contributed by atoms with Crippen LogP contribution in [0.5, 0.6) is 0 Å². The number of likely N-dealkylation sites (tertiary alicyclic amines) is 1. The van der Waals surface area contributed by atoms with E-state index >= 15 is 0 Å². The molecule has 2 rings (SSSR count). The highest BCUT2D eigenvalue weighted by Crippen LogP contribution is 2.21. The first-order valence-electron chi connectivity index (χ1n) is 6.72. The number of nitrogens with one attached hydrogen (secondary N) is 1. The molecule has 1 fully saturated rings. The SMILES string of the molecule is CN1CCCC(CNS(=O)(=O)c2cc(N)cc(F)c2F)C1. The molecule has 21 heavy (non-hydrogen) atoms. The first kappa shape index (κ1) is 16.1. The summed E-state index contributed by atoms with van der Waals surface area (Å²) in [5.74, 6) is -2.52. The van der Waals surface area contributed by atoms with E-state index in [2.05, 4.69) is 9.62 Å². The largest absolute Gasteiger partial charge is 0.399 e. The van der Waals surface area contributed by atoms with Gasteiger partial charge in [-0.1, -0.05) is 0 Å². The van der Waals surface area contributed by atoms with Gasteiger partial charge >= 0.3 is 0 Å². The lowest BCUT2D eigenvalue weighted by atomic mass is 9.99. The average Bonchev–Trinajstić information content (AvgIpc) is 2.41. The molecule has 1 unspecified atom stereocenters. The summed E-state index contributed by atoms with van der Waals surface area (Å²) in [5, 5.41) is 0. The monoisotopic (exact) mass is 319 g/mol. The van der Waals surface area contributed by atoms with Crippen molar-refractivity contribution in [3.63, 3.8) is 0 Å². The quantitative estimate of drug-likeness (QED) is 0.817. The summed E-state index contributed by atoms with van der Waals surface area (Å²) < 4.78 is 53.4. The molecule has 1 atom stereocenters. The summed E-state index contributed by atoms with van der Waals surface area (Å²) in [6.07, 6.45) is 1.89. The Morgan fingerprint density at radius 3 is 2.81 bits per heavy atom. The molecule has 0 bridgehead atoms. The first-order valence-corrected chi connectivity index (χ1v) is 8.20. The fourth-order valence-electron chi connectivity index (χ4n) is 2.52. The van der Waals surface area contributed by atoms with Crippen LogP contribution in [0.4, 0.5) is 14.5 Å². The van der Waals surface area contributed by atoms with Gasteiger partial charge in [0.2, 0.25) is 10.0 Å². The molecule has 0 saturated carbocycles. The molecule has 0 aliphatic carbocycles. The van der Waals surface area contributed by atoms with Gasteiger partial charge in [-0.25, -0.2) is 21.9 Å². The summed E-state index contributed by atoms with van der Waals surface area (Å²) in [6.45, 7) is 1.96. The normalized spacial score (nSPS) is 20.6. The molecule has 8 heteroatoms. The van der Waals surface area contributed by atoms with Gasteiger partial charge in [0, 0.05) is 18.8 Å². The van der Waals surface area contributed by atoms with Crippen LogP contribution in [0.15, 0.2) is 17.0 Å². The Bertz CT molecular complexity index is 622. The molecular formula is C13H19F2N3O2S. The highest BCUT2D eigenvalue weighted by molar-refractivity contribution is 7.89. The van der Waals surface area contributed by atoms with E-state index in [-0.39, 0.29) is 18.2 Å². The lowest BCUT2D eigenvalue weighted by molar-refractivity contribution is 0.211. The number of rotatable bonds is 4. The van der Waals surface area contributed by atoms with E-state index in [9.17, 15) is 17.2 Å². The zero-order valence-electron chi connectivity index (χ0n) is 11.8. The van der Waals surface area contributed by atoms with Gasteiger partial charge in [0.25, 0.3) is 0 Å². The van der Waals surface area contributed by atoms with Gasteiger partial charge in [-0.3, -0.25) is 0 Å². The van der Waals surface area contributed by atoms with Crippen molar-refractivity contribution in [1.29, 1.82) is 0 Å². The first-order chi connectivity index (χ1) is 9.79. The number of benzene rings is 1. The zero-order valence-corrected chi connectivity index (χ0v) is 12.6. The molecule has 1 aliphatic heterocycles. The lowest BCUT2D eigenvalue weighted by Crippen LogP contribution is -2.39. The Morgan fingerprint density at radius 1 is 1.43 bits per heavy atom. The molecule has 0 aromatic heterocycles. The molecule has 0 radical (unpaired) electrons. The Morgan fingerprint density at radius 2 is 2.14 bits per heavy atom. The van der Waals surface area contributed by atoms with Crippen molar-refractivity contribution in [2.75, 3.05) is 32.4 Å². The molecule has 118 valence electrons. The van der Waals surface area contributed by atoms with Gasteiger partial charge in [0.1, 0.15) is 4.90 Å². The van der Waals surface area contributed by atoms with Gasteiger partial charge in [0.15, 0.2) is 11.6 Å². The second-order valence-corrected chi connectivity index (χ2v) is 7.17. The van der Waals surface area contributed by atoms with Crippen LogP contribution in [0.25, 0.3) is 0 Å². The van der Waals surface area contributed by atoms with Gasteiger partial charge in [-0.2, -0.15) is 0 Å². The molecule has 1 aliphatic rings. The van der Waals surface area contributed by atoms with Crippen LogP contribution >= 0.6 is 0 Å². The summed E-state index contributed by atoms with van der Waals surface area (Å²) in [5.41, 5.74) is 5.24. The highest BCUT2D eigenvalue weighted by Gasteiger charge is 2.25. The zero-order chi connectivity index (χ0) is 15.6. The minimum atomic E-state index is -4.12. The Balaban J connectivity index is 2.12. The van der Waals surface area contributed by atoms with E-state index in [1.807, 2.05) is 7.05 Å². The van der Waals surface area contributed by atoms with Crippen LogP contribution in [0.2, 0.25) is 0 Å². The Kier molecular flexibility index (Phi) is 4.80. The number of hydrogen-bond donors (Lipinski definition) is 2. The number of hydrogen-bond acceptors (Lipinski definition) is 4. The van der Waals surface area contributed by atoms with Crippen LogP contribution in [-0.2, 0) is 10.0 Å². The van der Waals surface area contributed by atoms with Crippen LogP contribution in [0, 0.1) is 17.6 Å². The maximum absolute atomic E-state index is 13.6. The predicted octanol–water partition coefficient (Wildman–Crippen LogP) is 1.17. The van der Waals surface area contributed by atoms with Crippen molar-refractivity contribution < 1.29 is 17.2 Å². The van der Waals surface area contributed by atoms with Crippen molar-refractivity contribution in [3.05, 3.63) is 23.8 Å². The number of nitrogens with two attached hydrogens (primary N) is 1. The van der Waals surface area contributed by atoms with Crippen LogP contribution in [-0.4, -0.2) is 40.0 Å². The molecular weight excluding hydrogens is 300 g/mol. The van der Waals surface area contributed by atoms with Gasteiger partial charge in [-0.05, 0) is 44.5 Å². The molecule has 1 heterocycles. The third kappa shape index (κ3) is 3.90. The summed E-state index contributed by atoms with van der Waals surface area (Å²) in [6, 6.07) is 1.68. The van der Waals surface area contributed by atoms with Gasteiger partial charge in [0.05, 0.1) is 0 Å². The van der Waals surface area contributed by atoms with Crippen molar-refractivity contribution in [3.8, 4) is 0 Å².